The third kappa shape index (κ3) is 2.27. The summed E-state index contributed by atoms with van der Waals surface area (Å²) in [5, 5.41) is 8.86. The van der Waals surface area contributed by atoms with Crippen LogP contribution in [-0.4, -0.2) is 18.8 Å². The molecule has 0 fully saturated rings. The van der Waals surface area contributed by atoms with Crippen molar-refractivity contribution in [3.8, 4) is 0 Å². The molecule has 0 amide bonds. The number of halogens is 1. The lowest BCUT2D eigenvalue weighted by atomic mass is 10.3. The Morgan fingerprint density at radius 3 is 2.82 bits per heavy atom. The Bertz CT molecular complexity index is 220. The Morgan fingerprint density at radius 2 is 2.45 bits per heavy atom. The molecule has 0 saturated carbocycles. The van der Waals surface area contributed by atoms with Crippen LogP contribution in [0.15, 0.2) is 15.9 Å². The Kier molecular flexibility index (Phi) is 3.51. The maximum Gasteiger partial charge on any atom is 0.114 e. The zero-order valence-electron chi connectivity index (χ0n) is 6.08. The average Bonchev–Trinajstić information content (AvgIpc) is 2.39. The molecule has 0 aliphatic carbocycles. The number of thiophene rings is 1. The smallest absolute Gasteiger partial charge is 0.114 e. The summed E-state index contributed by atoms with van der Waals surface area (Å²) in [5.41, 5.74) is 0. The number of aliphatic hydroxyl groups excluding tert-OH is 1. The summed E-state index contributed by atoms with van der Waals surface area (Å²) in [6.45, 7) is 0.0312. The second kappa shape index (κ2) is 4.21. The van der Waals surface area contributed by atoms with Crippen LogP contribution in [0.3, 0.4) is 0 Å². The van der Waals surface area contributed by atoms with Crippen LogP contribution in [-0.2, 0) is 4.74 Å². The fourth-order valence-corrected chi connectivity index (χ4v) is 2.27. The summed E-state index contributed by atoms with van der Waals surface area (Å²) < 4.78 is 6.10. The van der Waals surface area contributed by atoms with Gasteiger partial charge >= 0.3 is 0 Å². The highest BCUT2D eigenvalue weighted by Gasteiger charge is 2.10. The van der Waals surface area contributed by atoms with Gasteiger partial charge in [-0.3, -0.25) is 0 Å². The molecule has 62 valence electrons. The van der Waals surface area contributed by atoms with Gasteiger partial charge in [-0.25, -0.2) is 0 Å². The van der Waals surface area contributed by atoms with Crippen molar-refractivity contribution in [2.45, 2.75) is 6.10 Å². The molecule has 0 spiro atoms. The standard InChI is InChI=1S/C7H9BrO2S/c1-10-5(4-9)6-2-3-7(8)11-6/h2-3,5,9H,4H2,1H3. The summed E-state index contributed by atoms with van der Waals surface area (Å²) in [6, 6.07) is 3.89. The molecule has 1 N–H and O–H groups in total. The van der Waals surface area contributed by atoms with Crippen molar-refractivity contribution in [2.75, 3.05) is 13.7 Å². The van der Waals surface area contributed by atoms with E-state index in [2.05, 4.69) is 15.9 Å². The zero-order chi connectivity index (χ0) is 8.27. The highest BCUT2D eigenvalue weighted by atomic mass is 79.9. The molecule has 1 aromatic rings. The van der Waals surface area contributed by atoms with Gasteiger partial charge in [-0.15, -0.1) is 11.3 Å². The quantitative estimate of drug-likeness (QED) is 0.873. The molecule has 0 saturated heterocycles. The van der Waals surface area contributed by atoms with E-state index in [9.17, 15) is 0 Å². The summed E-state index contributed by atoms with van der Waals surface area (Å²) in [7, 11) is 1.59. The molecule has 0 bridgehead atoms. The fourth-order valence-electron chi connectivity index (χ4n) is 0.782. The first kappa shape index (κ1) is 9.19. The molecule has 0 aliphatic rings. The largest absolute Gasteiger partial charge is 0.393 e. The lowest BCUT2D eigenvalue weighted by Crippen LogP contribution is -2.03. The number of aliphatic hydroxyl groups is 1. The number of methoxy groups -OCH3 is 1. The van der Waals surface area contributed by atoms with E-state index in [4.69, 9.17) is 9.84 Å². The Hall–Kier alpha value is 0.1000. The van der Waals surface area contributed by atoms with Crippen LogP contribution in [0, 0.1) is 0 Å². The molecule has 1 heterocycles. The third-order valence-corrected chi connectivity index (χ3v) is 3.08. The van der Waals surface area contributed by atoms with E-state index in [1.807, 2.05) is 12.1 Å². The number of hydrogen-bond donors (Lipinski definition) is 1. The number of rotatable bonds is 3. The predicted octanol–water partition coefficient (Wildman–Crippen LogP) is 2.19. The van der Waals surface area contributed by atoms with Crippen molar-refractivity contribution in [3.63, 3.8) is 0 Å². The maximum absolute atomic E-state index is 8.86. The summed E-state index contributed by atoms with van der Waals surface area (Å²) in [5.74, 6) is 0. The summed E-state index contributed by atoms with van der Waals surface area (Å²) in [4.78, 5) is 1.04. The summed E-state index contributed by atoms with van der Waals surface area (Å²) in [6.07, 6.45) is -0.175. The highest BCUT2D eigenvalue weighted by molar-refractivity contribution is 9.11. The normalized spacial score (nSPS) is 13.4. The van der Waals surface area contributed by atoms with Crippen LogP contribution >= 0.6 is 27.3 Å². The molecule has 1 aromatic heterocycles. The van der Waals surface area contributed by atoms with Gasteiger partial charge in [-0.05, 0) is 28.1 Å². The minimum Gasteiger partial charge on any atom is -0.393 e. The molecule has 2 nitrogen and oxygen atoms in total. The Labute approximate surface area is 77.9 Å². The molecular weight excluding hydrogens is 228 g/mol. The Morgan fingerprint density at radius 1 is 1.73 bits per heavy atom. The van der Waals surface area contributed by atoms with Gasteiger partial charge in [0.25, 0.3) is 0 Å². The van der Waals surface area contributed by atoms with Crippen LogP contribution in [0.2, 0.25) is 0 Å². The van der Waals surface area contributed by atoms with Crippen LogP contribution in [0.4, 0.5) is 0 Å². The van der Waals surface area contributed by atoms with E-state index in [0.717, 1.165) is 8.66 Å². The topological polar surface area (TPSA) is 29.5 Å². The Balaban J connectivity index is 2.73. The minimum absolute atomic E-state index is 0.0312. The van der Waals surface area contributed by atoms with E-state index in [1.54, 1.807) is 18.4 Å². The van der Waals surface area contributed by atoms with E-state index in [1.165, 1.54) is 0 Å². The van der Waals surface area contributed by atoms with Crippen LogP contribution in [0.1, 0.15) is 11.0 Å². The van der Waals surface area contributed by atoms with Gasteiger partial charge in [0.05, 0.1) is 10.4 Å². The predicted molar refractivity (Wildman–Crippen MR) is 48.9 cm³/mol. The van der Waals surface area contributed by atoms with Crippen LogP contribution in [0.5, 0.6) is 0 Å². The molecule has 0 aromatic carbocycles. The van der Waals surface area contributed by atoms with Crippen molar-refractivity contribution >= 4 is 27.3 Å². The second-order valence-electron chi connectivity index (χ2n) is 2.05. The second-order valence-corrected chi connectivity index (χ2v) is 4.54. The van der Waals surface area contributed by atoms with E-state index >= 15 is 0 Å². The molecule has 0 radical (unpaired) electrons. The van der Waals surface area contributed by atoms with Crippen molar-refractivity contribution in [2.24, 2.45) is 0 Å². The number of ether oxygens (including phenoxy) is 1. The van der Waals surface area contributed by atoms with Crippen molar-refractivity contribution in [1.29, 1.82) is 0 Å². The SMILES string of the molecule is COC(CO)c1ccc(Br)s1. The van der Waals surface area contributed by atoms with Crippen LogP contribution < -0.4 is 0 Å². The summed E-state index contributed by atoms with van der Waals surface area (Å²) >= 11 is 4.92. The van der Waals surface area contributed by atoms with E-state index in [0.29, 0.717) is 0 Å². The molecule has 4 heteroatoms. The molecular formula is C7H9BrO2S. The lowest BCUT2D eigenvalue weighted by Gasteiger charge is -2.08. The average molecular weight is 237 g/mol. The number of hydrogen-bond acceptors (Lipinski definition) is 3. The molecule has 1 rings (SSSR count). The lowest BCUT2D eigenvalue weighted by molar-refractivity contribution is 0.0509. The highest BCUT2D eigenvalue weighted by Crippen LogP contribution is 2.28. The molecule has 1 unspecified atom stereocenters. The van der Waals surface area contributed by atoms with Crippen LogP contribution in [0.25, 0.3) is 0 Å². The van der Waals surface area contributed by atoms with Gasteiger partial charge < -0.3 is 9.84 Å². The molecule has 1 atom stereocenters. The monoisotopic (exact) mass is 236 g/mol. The van der Waals surface area contributed by atoms with E-state index in [-0.39, 0.29) is 12.7 Å². The first-order valence-electron chi connectivity index (χ1n) is 3.17. The maximum atomic E-state index is 8.86. The van der Waals surface area contributed by atoms with Gasteiger partial charge in [0.15, 0.2) is 0 Å². The first-order valence-corrected chi connectivity index (χ1v) is 4.77. The van der Waals surface area contributed by atoms with Crippen molar-refractivity contribution in [1.82, 2.24) is 0 Å². The van der Waals surface area contributed by atoms with Crippen molar-refractivity contribution in [3.05, 3.63) is 20.8 Å². The van der Waals surface area contributed by atoms with Gasteiger partial charge in [0.1, 0.15) is 6.10 Å². The van der Waals surface area contributed by atoms with Gasteiger partial charge in [0, 0.05) is 12.0 Å². The minimum atomic E-state index is -0.175. The van der Waals surface area contributed by atoms with E-state index < -0.39 is 0 Å². The fraction of sp³-hybridized carbons (Fsp3) is 0.429. The third-order valence-electron chi connectivity index (χ3n) is 1.36. The molecule has 11 heavy (non-hydrogen) atoms. The molecule has 0 aliphatic heterocycles. The van der Waals surface area contributed by atoms with Gasteiger partial charge in [-0.1, -0.05) is 0 Å². The first-order chi connectivity index (χ1) is 5.27. The van der Waals surface area contributed by atoms with Gasteiger partial charge in [0.2, 0.25) is 0 Å². The van der Waals surface area contributed by atoms with Crippen molar-refractivity contribution < 1.29 is 9.84 Å². The van der Waals surface area contributed by atoms with Gasteiger partial charge in [-0.2, -0.15) is 0 Å². The zero-order valence-corrected chi connectivity index (χ0v) is 8.48.